The second-order valence-electron chi connectivity index (χ2n) is 8.18. The highest BCUT2D eigenvalue weighted by Crippen LogP contribution is 2.26. The van der Waals surface area contributed by atoms with Crippen molar-refractivity contribution in [1.82, 2.24) is 19.7 Å². The van der Waals surface area contributed by atoms with Crippen molar-refractivity contribution in [2.45, 2.75) is 32.7 Å². The molecule has 4 rings (SSSR count). The average Bonchev–Trinajstić information content (AvgIpc) is 3.29. The number of likely N-dealkylation sites (tertiary alicyclic amines) is 1. The van der Waals surface area contributed by atoms with E-state index in [2.05, 4.69) is 47.0 Å². The molecule has 5 nitrogen and oxygen atoms in total. The molecule has 1 aliphatic rings. The fraction of sp³-hybridized carbons (Fsp3) is 0.375. The molecule has 1 unspecified atom stereocenters. The average molecular weight is 407 g/mol. The van der Waals surface area contributed by atoms with Crippen molar-refractivity contribution in [2.24, 2.45) is 5.92 Å². The summed E-state index contributed by atoms with van der Waals surface area (Å²) in [5.41, 5.74) is 4.36. The Morgan fingerprint density at radius 2 is 1.83 bits per heavy atom. The summed E-state index contributed by atoms with van der Waals surface area (Å²) >= 11 is 0. The van der Waals surface area contributed by atoms with E-state index in [1.54, 1.807) is 24.8 Å². The molecule has 0 N–H and O–H groups in total. The number of Topliss-reactive ketones (excluding diaryl/α,β-unsaturated/α-hetero) is 1. The highest BCUT2D eigenvalue weighted by Gasteiger charge is 2.28. The van der Waals surface area contributed by atoms with Crippen LogP contribution in [-0.2, 0) is 0 Å². The van der Waals surface area contributed by atoms with E-state index in [9.17, 15) is 9.18 Å². The number of halogens is 1. The van der Waals surface area contributed by atoms with Crippen molar-refractivity contribution in [3.63, 3.8) is 0 Å². The second kappa shape index (κ2) is 8.88. The first-order valence-corrected chi connectivity index (χ1v) is 10.4. The minimum atomic E-state index is -0.313. The van der Waals surface area contributed by atoms with Crippen LogP contribution in [0, 0.1) is 25.6 Å². The number of hydrogen-bond donors (Lipinski definition) is 0. The lowest BCUT2D eigenvalue weighted by atomic mass is 9.88. The molecule has 3 aromatic rings. The molecular weight excluding hydrogens is 379 g/mol. The first-order valence-electron chi connectivity index (χ1n) is 10.4. The molecule has 156 valence electrons. The van der Waals surface area contributed by atoms with Crippen molar-refractivity contribution in [3.05, 3.63) is 83.2 Å². The predicted octanol–water partition coefficient (Wildman–Crippen LogP) is 4.22. The Labute approximate surface area is 176 Å². The van der Waals surface area contributed by atoms with Crippen LogP contribution in [0.3, 0.4) is 0 Å². The summed E-state index contributed by atoms with van der Waals surface area (Å²) in [5.74, 6) is -0.193. The lowest BCUT2D eigenvalue weighted by Gasteiger charge is -2.34. The topological polar surface area (TPSA) is 51.0 Å². The summed E-state index contributed by atoms with van der Waals surface area (Å²) in [6, 6.07) is 12.5. The Kier molecular flexibility index (Phi) is 6.04. The number of aromatic nitrogens is 3. The van der Waals surface area contributed by atoms with Crippen LogP contribution in [0.15, 0.2) is 55.1 Å². The molecule has 2 aromatic carbocycles. The van der Waals surface area contributed by atoms with Crippen molar-refractivity contribution < 1.29 is 9.18 Å². The van der Waals surface area contributed by atoms with Crippen molar-refractivity contribution in [1.29, 1.82) is 0 Å². The summed E-state index contributed by atoms with van der Waals surface area (Å²) in [4.78, 5) is 19.3. The third-order valence-electron chi connectivity index (χ3n) is 6.19. The number of carbonyl (C=O) groups excluding carboxylic acids is 1. The zero-order valence-electron chi connectivity index (χ0n) is 17.5. The molecule has 1 aliphatic heterocycles. The second-order valence-corrected chi connectivity index (χ2v) is 8.18. The molecule has 1 atom stereocenters. The van der Waals surface area contributed by atoms with Gasteiger partial charge in [0.1, 0.15) is 18.5 Å². The van der Waals surface area contributed by atoms with Gasteiger partial charge in [0.15, 0.2) is 5.78 Å². The smallest absolute Gasteiger partial charge is 0.166 e. The van der Waals surface area contributed by atoms with E-state index in [1.807, 2.05) is 4.68 Å². The molecule has 2 heterocycles. The molecule has 1 saturated heterocycles. The first kappa shape index (κ1) is 20.4. The van der Waals surface area contributed by atoms with Crippen LogP contribution in [0.4, 0.5) is 4.39 Å². The van der Waals surface area contributed by atoms with Gasteiger partial charge in [-0.15, -0.1) is 0 Å². The molecule has 6 heteroatoms. The van der Waals surface area contributed by atoms with Crippen molar-refractivity contribution >= 4 is 5.78 Å². The van der Waals surface area contributed by atoms with Gasteiger partial charge >= 0.3 is 0 Å². The third kappa shape index (κ3) is 4.49. The molecule has 0 radical (unpaired) electrons. The minimum Gasteiger partial charge on any atom is -0.301 e. The summed E-state index contributed by atoms with van der Waals surface area (Å²) < 4.78 is 15.1. The molecule has 30 heavy (non-hydrogen) atoms. The van der Waals surface area contributed by atoms with E-state index in [0.717, 1.165) is 32.5 Å². The SMILES string of the molecule is Cc1ccc(C(CN2CCC(C(=O)c3ccc(F)cc3)CC2)n2cncn2)cc1C. The predicted molar refractivity (Wildman–Crippen MR) is 114 cm³/mol. The number of aryl methyl sites for hydroxylation is 2. The van der Waals surface area contributed by atoms with E-state index < -0.39 is 0 Å². The Bertz CT molecular complexity index is 993. The van der Waals surface area contributed by atoms with E-state index in [4.69, 9.17) is 0 Å². The largest absolute Gasteiger partial charge is 0.301 e. The third-order valence-corrected chi connectivity index (χ3v) is 6.19. The van der Waals surface area contributed by atoms with Gasteiger partial charge in [0.05, 0.1) is 6.04 Å². The van der Waals surface area contributed by atoms with Gasteiger partial charge in [-0.25, -0.2) is 14.1 Å². The fourth-order valence-corrected chi connectivity index (χ4v) is 4.16. The van der Waals surface area contributed by atoms with Crippen LogP contribution in [0.25, 0.3) is 0 Å². The maximum absolute atomic E-state index is 13.1. The minimum absolute atomic E-state index is 0.00171. The highest BCUT2D eigenvalue weighted by molar-refractivity contribution is 5.97. The molecule has 0 saturated carbocycles. The maximum atomic E-state index is 13.1. The normalized spacial score (nSPS) is 16.5. The quantitative estimate of drug-likeness (QED) is 0.575. The molecule has 0 spiro atoms. The monoisotopic (exact) mass is 406 g/mol. The van der Waals surface area contributed by atoms with Crippen LogP contribution in [0.5, 0.6) is 0 Å². The van der Waals surface area contributed by atoms with E-state index in [-0.39, 0.29) is 23.6 Å². The molecule has 0 aliphatic carbocycles. The van der Waals surface area contributed by atoms with Gasteiger partial charge in [-0.1, -0.05) is 18.2 Å². The number of ketones is 1. The van der Waals surface area contributed by atoms with E-state index in [1.165, 1.54) is 28.8 Å². The number of piperidine rings is 1. The van der Waals surface area contributed by atoms with Gasteiger partial charge in [0, 0.05) is 18.0 Å². The Hall–Kier alpha value is -2.86. The standard InChI is InChI=1S/C24H27FN4O/c1-17-3-4-21(13-18(17)2)23(29-16-26-15-27-29)14-28-11-9-20(10-12-28)24(30)19-5-7-22(25)8-6-19/h3-8,13,15-16,20,23H,9-12,14H2,1-2H3. The molecule has 0 amide bonds. The summed E-state index contributed by atoms with van der Waals surface area (Å²) in [7, 11) is 0. The molecule has 1 fully saturated rings. The Balaban J connectivity index is 1.43. The van der Waals surface area contributed by atoms with Crippen molar-refractivity contribution in [3.8, 4) is 0 Å². The number of benzene rings is 2. The lowest BCUT2D eigenvalue weighted by Crippen LogP contribution is -2.40. The van der Waals surface area contributed by atoms with Crippen LogP contribution in [0.1, 0.15) is 45.9 Å². The van der Waals surface area contributed by atoms with Crippen LogP contribution in [-0.4, -0.2) is 45.1 Å². The Morgan fingerprint density at radius 1 is 1.10 bits per heavy atom. The molecule has 0 bridgehead atoms. The number of rotatable bonds is 6. The number of nitrogens with zero attached hydrogens (tertiary/aromatic N) is 4. The molecule has 1 aromatic heterocycles. The van der Waals surface area contributed by atoms with Gasteiger partial charge in [0.25, 0.3) is 0 Å². The van der Waals surface area contributed by atoms with Gasteiger partial charge in [0.2, 0.25) is 0 Å². The van der Waals surface area contributed by atoms with E-state index >= 15 is 0 Å². The Morgan fingerprint density at radius 3 is 2.47 bits per heavy atom. The van der Waals surface area contributed by atoms with Crippen LogP contribution < -0.4 is 0 Å². The molecular formula is C24H27FN4O. The lowest BCUT2D eigenvalue weighted by molar-refractivity contribution is 0.0831. The maximum Gasteiger partial charge on any atom is 0.166 e. The zero-order valence-corrected chi connectivity index (χ0v) is 17.5. The first-order chi connectivity index (χ1) is 14.5. The van der Waals surface area contributed by atoms with E-state index in [0.29, 0.717) is 5.56 Å². The number of carbonyl (C=O) groups is 1. The van der Waals surface area contributed by atoms with Gasteiger partial charge < -0.3 is 4.90 Å². The summed E-state index contributed by atoms with van der Waals surface area (Å²) in [6.07, 6.45) is 4.97. The fourth-order valence-electron chi connectivity index (χ4n) is 4.16. The van der Waals surface area contributed by atoms with Crippen LogP contribution >= 0.6 is 0 Å². The van der Waals surface area contributed by atoms with Crippen molar-refractivity contribution in [2.75, 3.05) is 19.6 Å². The van der Waals surface area contributed by atoms with Crippen LogP contribution in [0.2, 0.25) is 0 Å². The van der Waals surface area contributed by atoms with Gasteiger partial charge in [-0.2, -0.15) is 5.10 Å². The summed E-state index contributed by atoms with van der Waals surface area (Å²) in [6.45, 7) is 6.78. The summed E-state index contributed by atoms with van der Waals surface area (Å²) in [5, 5.41) is 4.39. The zero-order chi connectivity index (χ0) is 21.1. The number of hydrogen-bond acceptors (Lipinski definition) is 4. The van der Waals surface area contributed by atoms with Gasteiger partial charge in [-0.05, 0) is 80.7 Å². The van der Waals surface area contributed by atoms with Gasteiger partial charge in [-0.3, -0.25) is 4.79 Å². The highest BCUT2D eigenvalue weighted by atomic mass is 19.1.